The second kappa shape index (κ2) is 6.92. The molecule has 0 bridgehead atoms. The molecule has 1 aromatic rings. The van der Waals surface area contributed by atoms with Crippen LogP contribution in [0, 0.1) is 6.92 Å². The van der Waals surface area contributed by atoms with Crippen molar-refractivity contribution in [2.75, 3.05) is 13.7 Å². The molecule has 0 saturated carbocycles. The molecule has 3 nitrogen and oxygen atoms in total. The van der Waals surface area contributed by atoms with E-state index in [4.69, 9.17) is 9.47 Å². The van der Waals surface area contributed by atoms with Crippen molar-refractivity contribution in [2.45, 2.75) is 51.2 Å². The summed E-state index contributed by atoms with van der Waals surface area (Å²) < 4.78 is 11.0. The van der Waals surface area contributed by atoms with Gasteiger partial charge in [0.15, 0.2) is 0 Å². The summed E-state index contributed by atoms with van der Waals surface area (Å²) in [6.07, 6.45) is 5.03. The minimum atomic E-state index is -0.472. The first-order valence-electron chi connectivity index (χ1n) is 7.15. The molecular formula is C16H24O3. The summed E-state index contributed by atoms with van der Waals surface area (Å²) in [4.78, 5) is 0. The van der Waals surface area contributed by atoms with Gasteiger partial charge in [-0.3, -0.25) is 0 Å². The first-order chi connectivity index (χ1) is 9.20. The fourth-order valence-electron chi connectivity index (χ4n) is 2.65. The van der Waals surface area contributed by atoms with E-state index in [-0.39, 0.29) is 0 Å². The average Bonchev–Trinajstić information content (AvgIpc) is 2.46. The van der Waals surface area contributed by atoms with Crippen molar-refractivity contribution < 1.29 is 14.6 Å². The van der Waals surface area contributed by atoms with E-state index in [2.05, 4.69) is 0 Å². The van der Waals surface area contributed by atoms with Crippen LogP contribution < -0.4 is 4.74 Å². The number of hydrogen-bond acceptors (Lipinski definition) is 3. The molecule has 0 amide bonds. The van der Waals surface area contributed by atoms with Crippen molar-refractivity contribution >= 4 is 0 Å². The van der Waals surface area contributed by atoms with E-state index in [1.807, 2.05) is 25.1 Å². The highest BCUT2D eigenvalue weighted by Crippen LogP contribution is 2.30. The van der Waals surface area contributed by atoms with Gasteiger partial charge in [-0.05, 0) is 51.2 Å². The quantitative estimate of drug-likeness (QED) is 0.886. The maximum absolute atomic E-state index is 10.4. The molecule has 1 heterocycles. The Kier molecular flexibility index (Phi) is 5.23. The van der Waals surface area contributed by atoms with Gasteiger partial charge < -0.3 is 14.6 Å². The highest BCUT2D eigenvalue weighted by molar-refractivity contribution is 5.38. The molecule has 0 spiro atoms. The number of rotatable bonds is 5. The van der Waals surface area contributed by atoms with Crippen molar-refractivity contribution in [1.29, 1.82) is 0 Å². The monoisotopic (exact) mass is 264 g/mol. The first kappa shape index (κ1) is 14.4. The van der Waals surface area contributed by atoms with Gasteiger partial charge in [-0.25, -0.2) is 0 Å². The van der Waals surface area contributed by atoms with E-state index in [0.717, 1.165) is 42.7 Å². The molecule has 1 fully saturated rings. The van der Waals surface area contributed by atoms with E-state index >= 15 is 0 Å². The van der Waals surface area contributed by atoms with Gasteiger partial charge in [0.25, 0.3) is 0 Å². The molecule has 1 aliphatic rings. The fourth-order valence-corrected chi connectivity index (χ4v) is 2.65. The molecule has 0 aliphatic carbocycles. The number of aliphatic hydroxyl groups excluding tert-OH is 1. The highest BCUT2D eigenvalue weighted by atomic mass is 16.5. The number of methoxy groups -OCH3 is 1. The van der Waals surface area contributed by atoms with E-state index in [1.165, 1.54) is 12.8 Å². The summed E-state index contributed by atoms with van der Waals surface area (Å²) in [5, 5.41) is 10.4. The second-order valence-electron chi connectivity index (χ2n) is 5.33. The summed E-state index contributed by atoms with van der Waals surface area (Å²) in [6, 6.07) is 5.93. The Labute approximate surface area is 115 Å². The summed E-state index contributed by atoms with van der Waals surface area (Å²) in [5.74, 6) is 0.766. The Hall–Kier alpha value is -1.06. The molecule has 1 N–H and O–H groups in total. The van der Waals surface area contributed by atoms with Gasteiger partial charge in [-0.1, -0.05) is 11.6 Å². The van der Waals surface area contributed by atoms with Crippen LogP contribution in [0.4, 0.5) is 0 Å². The Morgan fingerprint density at radius 3 is 2.95 bits per heavy atom. The highest BCUT2D eigenvalue weighted by Gasteiger charge is 2.18. The Morgan fingerprint density at radius 2 is 2.26 bits per heavy atom. The van der Waals surface area contributed by atoms with Crippen LogP contribution in [0.3, 0.4) is 0 Å². The molecular weight excluding hydrogens is 240 g/mol. The number of ether oxygens (including phenoxy) is 2. The van der Waals surface area contributed by atoms with Crippen molar-refractivity contribution in [3.8, 4) is 5.75 Å². The Morgan fingerprint density at radius 1 is 1.42 bits per heavy atom. The average molecular weight is 264 g/mol. The lowest BCUT2D eigenvalue weighted by Crippen LogP contribution is -2.19. The molecule has 2 rings (SSSR count). The number of benzene rings is 1. The predicted molar refractivity (Wildman–Crippen MR) is 75.5 cm³/mol. The van der Waals surface area contributed by atoms with Crippen LogP contribution in [-0.4, -0.2) is 24.9 Å². The molecule has 19 heavy (non-hydrogen) atoms. The van der Waals surface area contributed by atoms with Crippen molar-refractivity contribution in [3.63, 3.8) is 0 Å². The molecule has 3 heteroatoms. The lowest BCUT2D eigenvalue weighted by Gasteiger charge is -2.24. The molecule has 0 radical (unpaired) electrons. The van der Waals surface area contributed by atoms with Crippen LogP contribution in [0.1, 0.15) is 49.3 Å². The number of aliphatic hydroxyl groups is 1. The maximum Gasteiger partial charge on any atom is 0.124 e. The SMILES string of the molecule is COc1ccc(C)cc1C(O)CCC1CCCCO1. The van der Waals surface area contributed by atoms with Crippen molar-refractivity contribution in [2.24, 2.45) is 0 Å². The molecule has 1 aliphatic heterocycles. The smallest absolute Gasteiger partial charge is 0.124 e. The van der Waals surface area contributed by atoms with Crippen LogP contribution in [-0.2, 0) is 4.74 Å². The number of hydrogen-bond donors (Lipinski definition) is 1. The standard InChI is InChI=1S/C16H24O3/c1-12-6-9-16(18-2)14(11-12)15(17)8-7-13-5-3-4-10-19-13/h6,9,11,13,15,17H,3-5,7-8,10H2,1-2H3. The lowest BCUT2D eigenvalue weighted by molar-refractivity contribution is 0.00198. The summed E-state index contributed by atoms with van der Waals surface area (Å²) in [5.41, 5.74) is 2.03. The van der Waals surface area contributed by atoms with Crippen LogP contribution in [0.2, 0.25) is 0 Å². The van der Waals surface area contributed by atoms with Gasteiger partial charge >= 0.3 is 0 Å². The number of aryl methyl sites for hydroxylation is 1. The van der Waals surface area contributed by atoms with E-state index in [9.17, 15) is 5.11 Å². The van der Waals surface area contributed by atoms with Gasteiger partial charge in [0, 0.05) is 12.2 Å². The largest absolute Gasteiger partial charge is 0.496 e. The van der Waals surface area contributed by atoms with Crippen LogP contribution in [0.15, 0.2) is 18.2 Å². The third kappa shape index (κ3) is 3.95. The van der Waals surface area contributed by atoms with E-state index in [0.29, 0.717) is 6.10 Å². The molecule has 0 aromatic heterocycles. The molecule has 1 saturated heterocycles. The third-order valence-electron chi connectivity index (χ3n) is 3.78. The summed E-state index contributed by atoms with van der Waals surface area (Å²) in [7, 11) is 1.64. The van der Waals surface area contributed by atoms with Crippen LogP contribution in [0.25, 0.3) is 0 Å². The van der Waals surface area contributed by atoms with E-state index < -0.39 is 6.10 Å². The Balaban J connectivity index is 1.94. The minimum Gasteiger partial charge on any atom is -0.496 e. The second-order valence-corrected chi connectivity index (χ2v) is 5.33. The van der Waals surface area contributed by atoms with Crippen molar-refractivity contribution in [3.05, 3.63) is 29.3 Å². The zero-order chi connectivity index (χ0) is 13.7. The van der Waals surface area contributed by atoms with Crippen LogP contribution in [0.5, 0.6) is 5.75 Å². The first-order valence-corrected chi connectivity index (χ1v) is 7.15. The molecule has 106 valence electrons. The van der Waals surface area contributed by atoms with Crippen molar-refractivity contribution in [1.82, 2.24) is 0 Å². The summed E-state index contributed by atoms with van der Waals surface area (Å²) in [6.45, 7) is 2.90. The summed E-state index contributed by atoms with van der Waals surface area (Å²) >= 11 is 0. The lowest BCUT2D eigenvalue weighted by atomic mass is 9.97. The normalized spacial score (nSPS) is 21.1. The van der Waals surface area contributed by atoms with Gasteiger partial charge in [-0.15, -0.1) is 0 Å². The maximum atomic E-state index is 10.4. The molecule has 1 aromatic carbocycles. The van der Waals surface area contributed by atoms with Gasteiger partial charge in [0.2, 0.25) is 0 Å². The zero-order valence-corrected chi connectivity index (χ0v) is 11.9. The molecule has 2 unspecified atom stereocenters. The topological polar surface area (TPSA) is 38.7 Å². The molecule has 2 atom stereocenters. The minimum absolute atomic E-state index is 0.319. The van der Waals surface area contributed by atoms with Crippen LogP contribution >= 0.6 is 0 Å². The predicted octanol–water partition coefficient (Wildman–Crippen LogP) is 3.39. The van der Waals surface area contributed by atoms with Gasteiger partial charge in [0.05, 0.1) is 19.3 Å². The fraction of sp³-hybridized carbons (Fsp3) is 0.625. The van der Waals surface area contributed by atoms with Gasteiger partial charge in [-0.2, -0.15) is 0 Å². The Bertz CT molecular complexity index is 397. The van der Waals surface area contributed by atoms with E-state index in [1.54, 1.807) is 7.11 Å². The van der Waals surface area contributed by atoms with Gasteiger partial charge in [0.1, 0.15) is 5.75 Å². The third-order valence-corrected chi connectivity index (χ3v) is 3.78. The zero-order valence-electron chi connectivity index (χ0n) is 11.9.